The number of rotatable bonds is 4. The fraction of sp³-hybridized carbons (Fsp3) is 0.258. The number of piperazine rings is 1. The third-order valence-electron chi connectivity index (χ3n) is 7.68. The van der Waals surface area contributed by atoms with E-state index in [1.54, 1.807) is 6.92 Å². The number of fused-ring (bicyclic) bond motifs is 3. The van der Waals surface area contributed by atoms with Crippen LogP contribution in [0.1, 0.15) is 26.3 Å². The van der Waals surface area contributed by atoms with Gasteiger partial charge >= 0.3 is 0 Å². The first-order valence-corrected chi connectivity index (χ1v) is 13.1. The van der Waals surface area contributed by atoms with E-state index in [0.29, 0.717) is 13.1 Å². The van der Waals surface area contributed by atoms with Crippen molar-refractivity contribution in [2.45, 2.75) is 26.2 Å². The number of anilines is 1. The zero-order chi connectivity index (χ0) is 27.1. The van der Waals surface area contributed by atoms with Gasteiger partial charge in [0.05, 0.1) is 28.7 Å². The van der Waals surface area contributed by atoms with Gasteiger partial charge in [0, 0.05) is 55.6 Å². The molecule has 1 aliphatic heterocycles. The number of carbonyl (C=O) groups is 1. The average molecular weight is 516 g/mol. The van der Waals surface area contributed by atoms with Crippen LogP contribution in [0.5, 0.6) is 0 Å². The van der Waals surface area contributed by atoms with E-state index in [9.17, 15) is 10.1 Å². The van der Waals surface area contributed by atoms with Gasteiger partial charge in [0.1, 0.15) is 11.5 Å². The van der Waals surface area contributed by atoms with Crippen LogP contribution in [0.25, 0.3) is 44.2 Å². The molecular formula is C31H29N7O. The van der Waals surface area contributed by atoms with E-state index in [1.165, 1.54) is 0 Å². The van der Waals surface area contributed by atoms with E-state index < -0.39 is 5.41 Å². The number of nitrogens with one attached hydrogen (secondary N) is 1. The van der Waals surface area contributed by atoms with Crippen LogP contribution in [-0.4, -0.2) is 57.2 Å². The number of H-pyrrole nitrogens is 1. The van der Waals surface area contributed by atoms with Crippen LogP contribution in [0.3, 0.4) is 0 Å². The molecule has 0 unspecified atom stereocenters. The van der Waals surface area contributed by atoms with Crippen molar-refractivity contribution in [1.29, 1.82) is 5.26 Å². The Bertz CT molecular complexity index is 1740. The normalized spacial score (nSPS) is 14.1. The average Bonchev–Trinajstić information content (AvgIpc) is 3.42. The zero-order valence-corrected chi connectivity index (χ0v) is 22.3. The topological polar surface area (TPSA) is 102 Å². The molecule has 1 fully saturated rings. The molecule has 4 heterocycles. The third kappa shape index (κ3) is 4.46. The SMILES string of the molecule is CC(=O)N1CCN(c2cc(-c3ccc4ncc5[nH]nc(-c6ccc(C(C)(C)C#N)cc6)c5c4c3)ccn2)CC1. The van der Waals surface area contributed by atoms with Crippen molar-refractivity contribution in [3.63, 3.8) is 0 Å². The molecule has 5 aromatic rings. The molecule has 1 N–H and O–H groups in total. The largest absolute Gasteiger partial charge is 0.353 e. The van der Waals surface area contributed by atoms with Crippen LogP contribution in [0.2, 0.25) is 0 Å². The summed E-state index contributed by atoms with van der Waals surface area (Å²) in [6.45, 7) is 8.41. The minimum Gasteiger partial charge on any atom is -0.353 e. The van der Waals surface area contributed by atoms with Crippen molar-refractivity contribution in [2.75, 3.05) is 31.1 Å². The number of pyridine rings is 2. The Kier molecular flexibility index (Phi) is 5.99. The highest BCUT2D eigenvalue weighted by Crippen LogP contribution is 2.35. The highest BCUT2D eigenvalue weighted by molar-refractivity contribution is 6.11. The summed E-state index contributed by atoms with van der Waals surface area (Å²) in [6, 6.07) is 20.9. The van der Waals surface area contributed by atoms with Crippen LogP contribution in [0, 0.1) is 11.3 Å². The van der Waals surface area contributed by atoms with Crippen molar-refractivity contribution in [3.8, 4) is 28.5 Å². The summed E-state index contributed by atoms with van der Waals surface area (Å²) in [7, 11) is 0. The Morgan fingerprint density at radius 1 is 0.949 bits per heavy atom. The first kappa shape index (κ1) is 24.6. The lowest BCUT2D eigenvalue weighted by Crippen LogP contribution is -2.48. The standard InChI is InChI=1S/C31H29N7O/c1-20(39)37-12-14-38(15-13-37)28-17-23(10-11-33-28)22-6-9-26-25(16-22)29-27(18-34-26)35-36-30(29)21-4-7-24(8-5-21)31(2,3)19-32/h4-11,16-18H,12-15H2,1-3H3,(H,35,36). The lowest BCUT2D eigenvalue weighted by atomic mass is 9.86. The quantitative estimate of drug-likeness (QED) is 0.348. The molecule has 0 aliphatic carbocycles. The number of carbonyl (C=O) groups excluding carboxylic acids is 1. The predicted molar refractivity (Wildman–Crippen MR) is 153 cm³/mol. The van der Waals surface area contributed by atoms with E-state index in [-0.39, 0.29) is 5.91 Å². The maximum Gasteiger partial charge on any atom is 0.219 e. The van der Waals surface area contributed by atoms with Gasteiger partial charge in [-0.25, -0.2) is 4.98 Å². The van der Waals surface area contributed by atoms with Crippen molar-refractivity contribution in [2.24, 2.45) is 0 Å². The minimum absolute atomic E-state index is 0.119. The predicted octanol–water partition coefficient (Wildman–Crippen LogP) is 5.31. The maximum absolute atomic E-state index is 11.7. The van der Waals surface area contributed by atoms with E-state index in [4.69, 9.17) is 0 Å². The Morgan fingerprint density at radius 3 is 2.38 bits per heavy atom. The molecule has 0 bridgehead atoms. The minimum atomic E-state index is -0.553. The summed E-state index contributed by atoms with van der Waals surface area (Å²) in [5.74, 6) is 1.03. The van der Waals surface area contributed by atoms with E-state index in [2.05, 4.69) is 49.3 Å². The highest BCUT2D eigenvalue weighted by atomic mass is 16.2. The lowest BCUT2D eigenvalue weighted by molar-refractivity contribution is -0.129. The van der Waals surface area contributed by atoms with Crippen LogP contribution in [-0.2, 0) is 10.2 Å². The van der Waals surface area contributed by atoms with Crippen LogP contribution in [0.4, 0.5) is 5.82 Å². The molecule has 39 heavy (non-hydrogen) atoms. The monoisotopic (exact) mass is 515 g/mol. The number of nitriles is 1. The second-order valence-corrected chi connectivity index (χ2v) is 10.6. The number of hydrogen-bond donors (Lipinski definition) is 1. The second-order valence-electron chi connectivity index (χ2n) is 10.6. The van der Waals surface area contributed by atoms with Gasteiger partial charge in [0.15, 0.2) is 0 Å². The van der Waals surface area contributed by atoms with Crippen molar-refractivity contribution in [3.05, 3.63) is 72.6 Å². The number of aromatic nitrogens is 4. The molecule has 0 radical (unpaired) electrons. The smallest absolute Gasteiger partial charge is 0.219 e. The first-order chi connectivity index (χ1) is 18.8. The van der Waals surface area contributed by atoms with E-state index >= 15 is 0 Å². The molecule has 8 nitrogen and oxygen atoms in total. The molecule has 194 valence electrons. The van der Waals surface area contributed by atoms with Gasteiger partial charge in [-0.1, -0.05) is 30.3 Å². The Labute approximate surface area is 226 Å². The van der Waals surface area contributed by atoms with Crippen LogP contribution in [0.15, 0.2) is 67.0 Å². The molecule has 1 amide bonds. The Balaban J connectivity index is 1.38. The van der Waals surface area contributed by atoms with Gasteiger partial charge in [-0.2, -0.15) is 10.4 Å². The molecule has 3 aromatic heterocycles. The van der Waals surface area contributed by atoms with Crippen molar-refractivity contribution in [1.82, 2.24) is 25.1 Å². The molecule has 0 spiro atoms. The first-order valence-electron chi connectivity index (χ1n) is 13.1. The number of amides is 1. The molecule has 0 atom stereocenters. The van der Waals surface area contributed by atoms with Gasteiger partial charge in [0.25, 0.3) is 0 Å². The fourth-order valence-electron chi connectivity index (χ4n) is 5.22. The number of benzene rings is 2. The summed E-state index contributed by atoms with van der Waals surface area (Å²) in [4.78, 5) is 25.1. The van der Waals surface area contributed by atoms with Gasteiger partial charge < -0.3 is 9.80 Å². The molecule has 1 saturated heterocycles. The van der Waals surface area contributed by atoms with Crippen LogP contribution >= 0.6 is 0 Å². The summed E-state index contributed by atoms with van der Waals surface area (Å²) < 4.78 is 0. The molecular weight excluding hydrogens is 486 g/mol. The molecule has 1 aliphatic rings. The zero-order valence-electron chi connectivity index (χ0n) is 22.3. The summed E-state index contributed by atoms with van der Waals surface area (Å²) in [5, 5.41) is 19.3. The van der Waals surface area contributed by atoms with Gasteiger partial charge in [-0.05, 0) is 54.8 Å². The van der Waals surface area contributed by atoms with Crippen molar-refractivity contribution >= 4 is 33.5 Å². The summed E-state index contributed by atoms with van der Waals surface area (Å²) in [5.41, 5.74) is 6.16. The maximum atomic E-state index is 11.7. The van der Waals surface area contributed by atoms with E-state index in [0.717, 1.165) is 68.7 Å². The van der Waals surface area contributed by atoms with Crippen LogP contribution < -0.4 is 4.90 Å². The van der Waals surface area contributed by atoms with Gasteiger partial charge in [-0.3, -0.25) is 14.9 Å². The molecule has 2 aromatic carbocycles. The number of nitrogens with zero attached hydrogens (tertiary/aromatic N) is 6. The fourth-order valence-corrected chi connectivity index (χ4v) is 5.22. The second kappa shape index (κ2) is 9.52. The van der Waals surface area contributed by atoms with Gasteiger partial charge in [-0.15, -0.1) is 0 Å². The summed E-state index contributed by atoms with van der Waals surface area (Å²) in [6.07, 6.45) is 3.67. The lowest BCUT2D eigenvalue weighted by Gasteiger charge is -2.35. The number of hydrogen-bond acceptors (Lipinski definition) is 6. The van der Waals surface area contributed by atoms with E-state index in [1.807, 2.05) is 67.5 Å². The number of aromatic amines is 1. The van der Waals surface area contributed by atoms with Crippen molar-refractivity contribution < 1.29 is 4.79 Å². The molecule has 6 rings (SSSR count). The molecule has 8 heteroatoms. The third-order valence-corrected chi connectivity index (χ3v) is 7.68. The van der Waals surface area contributed by atoms with Gasteiger partial charge in [0.2, 0.25) is 5.91 Å². The molecule has 0 saturated carbocycles. The Hall–Kier alpha value is -4.77. The highest BCUT2D eigenvalue weighted by Gasteiger charge is 2.21. The Morgan fingerprint density at radius 2 is 1.67 bits per heavy atom. The summed E-state index contributed by atoms with van der Waals surface area (Å²) >= 11 is 0.